The lowest BCUT2D eigenvalue weighted by atomic mass is 9.75. The highest BCUT2D eigenvalue weighted by Gasteiger charge is 2.32. The predicted molar refractivity (Wildman–Crippen MR) is 101 cm³/mol. The molecule has 0 unspecified atom stereocenters. The molecule has 26 heavy (non-hydrogen) atoms. The largest absolute Gasteiger partial charge is 0.384 e. The van der Waals surface area contributed by atoms with Crippen LogP contribution in [0.1, 0.15) is 55.8 Å². The second-order valence-corrected chi connectivity index (χ2v) is 7.81. The topological polar surface area (TPSA) is 90.3 Å². The molecule has 3 rings (SSSR count). The maximum absolute atomic E-state index is 12.9. The number of hydrogen-bond donors (Lipinski definition) is 1. The van der Waals surface area contributed by atoms with Crippen LogP contribution in [0.25, 0.3) is 0 Å². The molecule has 2 N–H and O–H groups in total. The number of Topliss-reactive ketones (excluding diaryl/α,β-unsaturated/α-hetero) is 1. The number of fused-ring (bicyclic) bond motifs is 1. The normalized spacial score (nSPS) is 23.6. The predicted octanol–water partition coefficient (Wildman–Crippen LogP) is 1.23. The van der Waals surface area contributed by atoms with Crippen LogP contribution < -0.4 is 17.0 Å². The van der Waals surface area contributed by atoms with Gasteiger partial charge in [0.15, 0.2) is 5.78 Å². The summed E-state index contributed by atoms with van der Waals surface area (Å²) in [5.41, 5.74) is 4.98. The Bertz CT molecular complexity index is 795. The zero-order valence-corrected chi connectivity index (χ0v) is 15.9. The van der Waals surface area contributed by atoms with E-state index in [1.807, 2.05) is 6.92 Å². The van der Waals surface area contributed by atoms with Gasteiger partial charge in [-0.3, -0.25) is 23.6 Å². The zero-order chi connectivity index (χ0) is 18.8. The van der Waals surface area contributed by atoms with Gasteiger partial charge in [0.05, 0.1) is 6.54 Å². The molecule has 7 heteroatoms. The summed E-state index contributed by atoms with van der Waals surface area (Å²) in [5, 5.41) is 0. The molecule has 144 valence electrons. The Morgan fingerprint density at radius 3 is 2.54 bits per heavy atom. The Labute approximate surface area is 153 Å². The molecule has 1 saturated heterocycles. The Morgan fingerprint density at radius 2 is 1.85 bits per heavy atom. The van der Waals surface area contributed by atoms with Gasteiger partial charge in [-0.05, 0) is 37.6 Å². The molecule has 1 aliphatic carbocycles. The number of hydrogen-bond acceptors (Lipinski definition) is 5. The summed E-state index contributed by atoms with van der Waals surface area (Å²) in [6, 6.07) is 0. The van der Waals surface area contributed by atoms with Crippen LogP contribution >= 0.6 is 0 Å². The average Bonchev–Trinajstić information content (AvgIpc) is 2.63. The van der Waals surface area contributed by atoms with Gasteiger partial charge in [0.1, 0.15) is 11.4 Å². The molecular formula is C19H30N4O3. The minimum absolute atomic E-state index is 0.0116. The van der Waals surface area contributed by atoms with Gasteiger partial charge in [0.2, 0.25) is 0 Å². The Morgan fingerprint density at radius 1 is 1.15 bits per heavy atom. The van der Waals surface area contributed by atoms with Crippen molar-refractivity contribution in [1.29, 1.82) is 0 Å². The van der Waals surface area contributed by atoms with Crippen molar-refractivity contribution in [2.45, 2.75) is 52.0 Å². The van der Waals surface area contributed by atoms with Crippen molar-refractivity contribution in [2.24, 2.45) is 18.9 Å². The quantitative estimate of drug-likeness (QED) is 0.796. The van der Waals surface area contributed by atoms with Crippen LogP contribution in [0.15, 0.2) is 9.59 Å². The fourth-order valence-electron chi connectivity index (χ4n) is 4.59. The van der Waals surface area contributed by atoms with Crippen LogP contribution in [0.3, 0.4) is 0 Å². The fraction of sp³-hybridized carbons (Fsp3) is 0.737. The minimum Gasteiger partial charge on any atom is -0.384 e. The molecule has 2 heterocycles. The molecule has 0 aromatic carbocycles. The number of nitrogen functional groups attached to an aromatic ring is 1. The molecule has 0 spiro atoms. The first-order chi connectivity index (χ1) is 12.4. The van der Waals surface area contributed by atoms with Crippen LogP contribution in [0, 0.1) is 11.8 Å². The molecule has 7 nitrogen and oxygen atoms in total. The first-order valence-electron chi connectivity index (χ1n) is 9.78. The molecule has 0 amide bonds. The van der Waals surface area contributed by atoms with Gasteiger partial charge in [0, 0.05) is 20.1 Å². The van der Waals surface area contributed by atoms with Crippen molar-refractivity contribution in [3.63, 3.8) is 0 Å². The van der Waals surface area contributed by atoms with Crippen LogP contribution in [0.2, 0.25) is 0 Å². The van der Waals surface area contributed by atoms with Crippen LogP contribution in [0.5, 0.6) is 0 Å². The number of nitrogens with zero attached hydrogens (tertiary/aromatic N) is 3. The van der Waals surface area contributed by atoms with E-state index in [9.17, 15) is 14.4 Å². The van der Waals surface area contributed by atoms with Crippen molar-refractivity contribution in [3.8, 4) is 0 Å². The number of ketones is 1. The smallest absolute Gasteiger partial charge is 0.332 e. The van der Waals surface area contributed by atoms with E-state index in [1.165, 1.54) is 37.3 Å². The van der Waals surface area contributed by atoms with Gasteiger partial charge in [-0.15, -0.1) is 0 Å². The summed E-state index contributed by atoms with van der Waals surface area (Å²) in [6.45, 7) is 4.33. The third-order valence-corrected chi connectivity index (χ3v) is 6.05. The van der Waals surface area contributed by atoms with Gasteiger partial charge in [-0.25, -0.2) is 4.79 Å². The third kappa shape index (κ3) is 3.49. The molecule has 1 aromatic rings. The van der Waals surface area contributed by atoms with Gasteiger partial charge < -0.3 is 5.73 Å². The van der Waals surface area contributed by atoms with E-state index in [4.69, 9.17) is 5.73 Å². The first-order valence-corrected chi connectivity index (χ1v) is 9.78. The molecule has 2 atom stereocenters. The zero-order valence-electron chi connectivity index (χ0n) is 15.9. The standard InChI is InChI=1S/C19H30N4O3/c1-3-9-23-17(20)16(18(25)21(2)19(23)26)15(24)12-22-10-8-13-6-4-5-7-14(13)11-22/h13-14H,3-12,20H2,1-2H3/t13-,14-/m1/s1. The van der Waals surface area contributed by atoms with Crippen LogP contribution in [0.4, 0.5) is 5.82 Å². The van der Waals surface area contributed by atoms with E-state index in [0.29, 0.717) is 18.9 Å². The molecule has 0 radical (unpaired) electrons. The number of aromatic nitrogens is 2. The highest BCUT2D eigenvalue weighted by molar-refractivity contribution is 6.01. The van der Waals surface area contributed by atoms with E-state index in [-0.39, 0.29) is 23.7 Å². The summed E-state index contributed by atoms with van der Waals surface area (Å²) in [4.78, 5) is 39.8. The molecule has 2 aliphatic rings. The molecule has 1 aliphatic heterocycles. The Balaban J connectivity index is 1.82. The lowest BCUT2D eigenvalue weighted by Gasteiger charge is -2.41. The lowest BCUT2D eigenvalue weighted by Crippen LogP contribution is -2.46. The molecule has 1 aromatic heterocycles. The molecular weight excluding hydrogens is 332 g/mol. The molecule has 2 fully saturated rings. The van der Waals surface area contributed by atoms with Crippen molar-refractivity contribution in [1.82, 2.24) is 14.0 Å². The van der Waals surface area contributed by atoms with E-state index >= 15 is 0 Å². The van der Waals surface area contributed by atoms with Crippen molar-refractivity contribution in [3.05, 3.63) is 26.4 Å². The summed E-state index contributed by atoms with van der Waals surface area (Å²) in [6.07, 6.45) is 6.97. The molecule has 0 bridgehead atoms. The summed E-state index contributed by atoms with van der Waals surface area (Å²) in [7, 11) is 1.40. The fourth-order valence-corrected chi connectivity index (χ4v) is 4.59. The second-order valence-electron chi connectivity index (χ2n) is 7.81. The number of anilines is 1. The minimum atomic E-state index is -0.586. The van der Waals surface area contributed by atoms with E-state index in [0.717, 1.165) is 30.0 Å². The highest BCUT2D eigenvalue weighted by atomic mass is 16.2. The first kappa shape index (κ1) is 18.9. The number of piperidine rings is 1. The molecule has 1 saturated carbocycles. The third-order valence-electron chi connectivity index (χ3n) is 6.05. The number of rotatable bonds is 5. The van der Waals surface area contributed by atoms with E-state index < -0.39 is 11.2 Å². The highest BCUT2D eigenvalue weighted by Crippen LogP contribution is 2.35. The van der Waals surface area contributed by atoms with Crippen LogP contribution in [-0.2, 0) is 13.6 Å². The maximum atomic E-state index is 12.9. The van der Waals surface area contributed by atoms with Gasteiger partial charge in [-0.1, -0.05) is 26.2 Å². The number of carbonyl (C=O) groups is 1. The second kappa shape index (κ2) is 7.78. The van der Waals surface area contributed by atoms with Crippen LogP contribution in [-0.4, -0.2) is 39.5 Å². The number of likely N-dealkylation sites (tertiary alicyclic amines) is 1. The van der Waals surface area contributed by atoms with Gasteiger partial charge >= 0.3 is 5.69 Å². The summed E-state index contributed by atoms with van der Waals surface area (Å²) in [5.74, 6) is 1.19. The average molecular weight is 362 g/mol. The lowest BCUT2D eigenvalue weighted by molar-refractivity contribution is 0.0711. The van der Waals surface area contributed by atoms with Crippen molar-refractivity contribution >= 4 is 11.6 Å². The maximum Gasteiger partial charge on any atom is 0.332 e. The van der Waals surface area contributed by atoms with Crippen molar-refractivity contribution < 1.29 is 4.79 Å². The number of carbonyl (C=O) groups excluding carboxylic acids is 1. The van der Waals surface area contributed by atoms with Crippen molar-refractivity contribution in [2.75, 3.05) is 25.4 Å². The van der Waals surface area contributed by atoms with Gasteiger partial charge in [0.25, 0.3) is 5.56 Å². The monoisotopic (exact) mass is 362 g/mol. The Kier molecular flexibility index (Phi) is 5.65. The van der Waals surface area contributed by atoms with E-state index in [2.05, 4.69) is 4.90 Å². The SMILES string of the molecule is CCCn1c(N)c(C(=O)CN2CC[C@H]3CCCC[C@@H]3C2)c(=O)n(C)c1=O. The summed E-state index contributed by atoms with van der Waals surface area (Å²) < 4.78 is 2.33. The summed E-state index contributed by atoms with van der Waals surface area (Å²) >= 11 is 0. The Hall–Kier alpha value is -1.89. The van der Waals surface area contributed by atoms with E-state index in [1.54, 1.807) is 0 Å². The van der Waals surface area contributed by atoms with Gasteiger partial charge in [-0.2, -0.15) is 0 Å². The number of nitrogens with two attached hydrogens (primary N) is 1.